The number of para-hydroxylation sites is 2. The van der Waals surface area contributed by atoms with E-state index in [-0.39, 0.29) is 0 Å². The second kappa shape index (κ2) is 10.4. The number of hydrogen-bond donors (Lipinski definition) is 0. The van der Waals surface area contributed by atoms with Crippen molar-refractivity contribution in [3.63, 3.8) is 0 Å². The lowest BCUT2D eigenvalue weighted by atomic mass is 10.1. The van der Waals surface area contributed by atoms with Gasteiger partial charge >= 0.3 is 0 Å². The molecule has 0 bridgehead atoms. The molecule has 6 heteroatoms. The molecule has 48 heavy (non-hydrogen) atoms. The highest BCUT2D eigenvalue weighted by molar-refractivity contribution is 6.26. The maximum absolute atomic E-state index is 5.21. The van der Waals surface area contributed by atoms with Crippen LogP contribution in [0.2, 0.25) is 0 Å². The molecular weight excluding hydrogens is 589 g/mol. The summed E-state index contributed by atoms with van der Waals surface area (Å²) < 4.78 is 4.62. The second-order valence-electron chi connectivity index (χ2n) is 11.9. The number of fused-ring (bicyclic) bond motifs is 9. The minimum Gasteiger partial charge on any atom is -0.306 e. The van der Waals surface area contributed by atoms with Crippen molar-refractivity contribution in [2.45, 2.75) is 0 Å². The van der Waals surface area contributed by atoms with Crippen molar-refractivity contribution in [1.82, 2.24) is 29.1 Å². The van der Waals surface area contributed by atoms with Crippen molar-refractivity contribution in [2.75, 3.05) is 0 Å². The predicted molar refractivity (Wildman–Crippen MR) is 195 cm³/mol. The number of nitrogens with zero attached hydrogens (tertiary/aromatic N) is 6. The topological polar surface area (TPSA) is 61.4 Å². The molecule has 4 heterocycles. The van der Waals surface area contributed by atoms with Crippen LogP contribution < -0.4 is 0 Å². The molecule has 0 radical (unpaired) electrons. The van der Waals surface area contributed by atoms with Gasteiger partial charge in [-0.1, -0.05) is 115 Å². The number of pyridine rings is 1. The van der Waals surface area contributed by atoms with Gasteiger partial charge in [0, 0.05) is 49.9 Å². The van der Waals surface area contributed by atoms with Crippen LogP contribution >= 0.6 is 0 Å². The van der Waals surface area contributed by atoms with Gasteiger partial charge in [0.05, 0.1) is 27.6 Å². The Morgan fingerprint density at radius 2 is 0.917 bits per heavy atom. The minimum atomic E-state index is 0.567. The van der Waals surface area contributed by atoms with Gasteiger partial charge in [0.2, 0.25) is 5.95 Å². The van der Waals surface area contributed by atoms with Crippen LogP contribution in [-0.4, -0.2) is 29.1 Å². The molecule has 0 spiro atoms. The normalized spacial score (nSPS) is 11.8. The first kappa shape index (κ1) is 26.5. The molecule has 0 fully saturated rings. The van der Waals surface area contributed by atoms with Gasteiger partial charge in [-0.3, -0.25) is 9.55 Å². The first-order valence-corrected chi connectivity index (χ1v) is 16.0. The average Bonchev–Trinajstić information content (AvgIpc) is 3.69. The van der Waals surface area contributed by atoms with Crippen LogP contribution in [0.15, 0.2) is 158 Å². The zero-order valence-electron chi connectivity index (χ0n) is 25.7. The van der Waals surface area contributed by atoms with E-state index in [0.29, 0.717) is 17.6 Å². The number of rotatable bonds is 4. The van der Waals surface area contributed by atoms with E-state index in [4.69, 9.17) is 19.9 Å². The third-order valence-electron chi connectivity index (χ3n) is 9.21. The van der Waals surface area contributed by atoms with E-state index in [1.807, 2.05) is 72.9 Å². The van der Waals surface area contributed by atoms with Crippen molar-refractivity contribution in [3.05, 3.63) is 158 Å². The molecule has 0 aliphatic rings. The number of aromatic nitrogens is 6. The predicted octanol–water partition coefficient (Wildman–Crippen LogP) is 9.95. The number of benzene rings is 6. The van der Waals surface area contributed by atoms with Gasteiger partial charge in [0.25, 0.3) is 0 Å². The van der Waals surface area contributed by atoms with E-state index in [1.54, 1.807) is 0 Å². The molecule has 0 amide bonds. The summed E-state index contributed by atoms with van der Waals surface area (Å²) >= 11 is 0. The third-order valence-corrected chi connectivity index (χ3v) is 9.21. The van der Waals surface area contributed by atoms with Crippen molar-refractivity contribution < 1.29 is 0 Å². The maximum Gasteiger partial charge on any atom is 0.238 e. The molecule has 10 rings (SSSR count). The largest absolute Gasteiger partial charge is 0.306 e. The van der Waals surface area contributed by atoms with Gasteiger partial charge in [0.1, 0.15) is 0 Å². The monoisotopic (exact) mass is 614 g/mol. The third kappa shape index (κ3) is 3.93. The number of hydrogen-bond acceptors (Lipinski definition) is 4. The Bertz CT molecular complexity index is 2760. The van der Waals surface area contributed by atoms with Crippen LogP contribution in [-0.2, 0) is 0 Å². The van der Waals surface area contributed by atoms with E-state index in [1.165, 1.54) is 5.39 Å². The highest BCUT2D eigenvalue weighted by atomic mass is 15.2. The Hall–Kier alpha value is -6.66. The summed E-state index contributed by atoms with van der Waals surface area (Å²) in [5.74, 6) is 1.81. The Morgan fingerprint density at radius 3 is 1.62 bits per heavy atom. The van der Waals surface area contributed by atoms with Gasteiger partial charge in [-0.2, -0.15) is 9.97 Å². The van der Waals surface area contributed by atoms with Crippen molar-refractivity contribution in [1.29, 1.82) is 0 Å². The summed E-state index contributed by atoms with van der Waals surface area (Å²) in [6.07, 6.45) is 1.86. The summed E-state index contributed by atoms with van der Waals surface area (Å²) in [5.41, 5.74) is 8.17. The average molecular weight is 615 g/mol. The lowest BCUT2D eigenvalue weighted by Gasteiger charge is -2.13. The molecule has 224 valence electrons. The molecule has 10 aromatic rings. The molecule has 0 unspecified atom stereocenters. The van der Waals surface area contributed by atoms with Crippen LogP contribution in [0.4, 0.5) is 0 Å². The molecule has 4 aromatic heterocycles. The van der Waals surface area contributed by atoms with E-state index in [9.17, 15) is 0 Å². The Labute approximate surface area is 275 Å². The molecule has 6 aromatic carbocycles. The Morgan fingerprint density at radius 1 is 0.375 bits per heavy atom. The summed E-state index contributed by atoms with van der Waals surface area (Å²) in [6.45, 7) is 0. The maximum atomic E-state index is 5.21. The molecule has 0 saturated carbocycles. The fourth-order valence-electron chi connectivity index (χ4n) is 7.13. The zero-order valence-corrected chi connectivity index (χ0v) is 25.7. The second-order valence-corrected chi connectivity index (χ2v) is 11.9. The van der Waals surface area contributed by atoms with Gasteiger partial charge in [0.15, 0.2) is 11.6 Å². The standard InChI is InChI=1S/C42H26N6/c1-4-13-27(14-5-1)40-44-41(28-15-6-2-7-16-28)46-42(45-40)48-36-21-11-10-19-30(36)31-22-23-33-32-24-25-35-34(20-12-26-43-35)37(32)47(38(33)39(31)48)29-17-8-3-9-18-29/h1-26H. The van der Waals surface area contributed by atoms with Gasteiger partial charge < -0.3 is 4.57 Å². The van der Waals surface area contributed by atoms with Gasteiger partial charge in [-0.15, -0.1) is 0 Å². The summed E-state index contributed by atoms with van der Waals surface area (Å²) in [5, 5.41) is 5.68. The molecule has 0 atom stereocenters. The fourth-order valence-corrected chi connectivity index (χ4v) is 7.13. The molecule has 0 aliphatic carbocycles. The van der Waals surface area contributed by atoms with E-state index >= 15 is 0 Å². The lowest BCUT2D eigenvalue weighted by Crippen LogP contribution is -2.07. The van der Waals surface area contributed by atoms with Crippen molar-refractivity contribution >= 4 is 54.5 Å². The van der Waals surface area contributed by atoms with Gasteiger partial charge in [-0.25, -0.2) is 4.98 Å². The molecular formula is C42H26N6. The zero-order chi connectivity index (χ0) is 31.6. The first-order chi connectivity index (χ1) is 23.8. The van der Waals surface area contributed by atoms with Crippen molar-refractivity contribution in [3.8, 4) is 34.4 Å². The van der Waals surface area contributed by atoms with E-state index in [2.05, 4.69) is 94.1 Å². The SMILES string of the molecule is c1ccc(-c2nc(-c3ccccc3)nc(-n3c4ccccc4c4ccc5c6ccc7ncccc7c6n(-c6ccccc6)c5c43)n2)cc1. The highest BCUT2D eigenvalue weighted by Crippen LogP contribution is 2.43. The molecule has 0 aliphatic heterocycles. The highest BCUT2D eigenvalue weighted by Gasteiger charge is 2.24. The molecule has 6 nitrogen and oxygen atoms in total. The van der Waals surface area contributed by atoms with Crippen LogP contribution in [0.5, 0.6) is 0 Å². The quantitative estimate of drug-likeness (QED) is 0.198. The van der Waals surface area contributed by atoms with Crippen LogP contribution in [0.1, 0.15) is 0 Å². The molecule has 0 N–H and O–H groups in total. The lowest BCUT2D eigenvalue weighted by molar-refractivity contribution is 0.953. The van der Waals surface area contributed by atoms with Crippen LogP contribution in [0, 0.1) is 0 Å². The Balaban J connectivity index is 1.42. The van der Waals surface area contributed by atoms with Crippen LogP contribution in [0.3, 0.4) is 0 Å². The van der Waals surface area contributed by atoms with Crippen LogP contribution in [0.25, 0.3) is 88.9 Å². The first-order valence-electron chi connectivity index (χ1n) is 16.0. The smallest absolute Gasteiger partial charge is 0.238 e. The molecule has 0 saturated heterocycles. The summed E-state index contributed by atoms with van der Waals surface area (Å²) in [7, 11) is 0. The summed E-state index contributed by atoms with van der Waals surface area (Å²) in [4.78, 5) is 20.1. The van der Waals surface area contributed by atoms with Gasteiger partial charge in [-0.05, 0) is 36.4 Å². The Kier molecular flexibility index (Phi) is 5.77. The fraction of sp³-hybridized carbons (Fsp3) is 0. The van der Waals surface area contributed by atoms with Crippen molar-refractivity contribution in [2.24, 2.45) is 0 Å². The minimum absolute atomic E-state index is 0.567. The van der Waals surface area contributed by atoms with E-state index in [0.717, 1.165) is 65.9 Å². The summed E-state index contributed by atoms with van der Waals surface area (Å²) in [6, 6.07) is 52.4. The van der Waals surface area contributed by atoms with E-state index < -0.39 is 0 Å².